The highest BCUT2D eigenvalue weighted by atomic mass is 32.1. The molecule has 0 aliphatic heterocycles. The summed E-state index contributed by atoms with van der Waals surface area (Å²) in [7, 11) is 0. The Morgan fingerprint density at radius 1 is 1.39 bits per heavy atom. The first-order valence-corrected chi connectivity index (χ1v) is 8.92. The van der Waals surface area contributed by atoms with Gasteiger partial charge in [0.1, 0.15) is 0 Å². The number of aliphatic hydroxyl groups is 1. The molecule has 0 saturated carbocycles. The van der Waals surface area contributed by atoms with E-state index in [0.29, 0.717) is 6.42 Å². The third-order valence-electron chi connectivity index (χ3n) is 4.35. The second kappa shape index (κ2) is 7.23. The van der Waals surface area contributed by atoms with E-state index in [1.54, 1.807) is 11.3 Å². The van der Waals surface area contributed by atoms with E-state index in [4.69, 9.17) is 10.1 Å². The fourth-order valence-electron chi connectivity index (χ4n) is 3.04. The Morgan fingerprint density at radius 2 is 2.17 bits per heavy atom. The highest BCUT2D eigenvalue weighted by Gasteiger charge is 2.32. The van der Waals surface area contributed by atoms with Crippen molar-refractivity contribution in [3.63, 3.8) is 0 Å². The topological polar surface area (TPSA) is 62.2 Å². The van der Waals surface area contributed by atoms with Crippen LogP contribution in [0.15, 0.2) is 36.4 Å². The van der Waals surface area contributed by atoms with Crippen molar-refractivity contribution in [1.29, 1.82) is 0 Å². The van der Waals surface area contributed by atoms with Crippen LogP contribution in [0, 0.1) is 5.92 Å². The van der Waals surface area contributed by atoms with Gasteiger partial charge in [0.2, 0.25) is 5.91 Å². The van der Waals surface area contributed by atoms with Gasteiger partial charge in [0.25, 0.3) is 0 Å². The molecule has 1 amide bonds. The quantitative estimate of drug-likeness (QED) is 0.827. The molecule has 5 heteroatoms. The molecule has 3 atom stereocenters. The van der Waals surface area contributed by atoms with Crippen LogP contribution in [0.2, 0.25) is 0 Å². The van der Waals surface area contributed by atoms with Crippen molar-refractivity contribution in [3.8, 4) is 0 Å². The summed E-state index contributed by atoms with van der Waals surface area (Å²) in [5.74, 6) is 0.125. The molecule has 0 spiro atoms. The molecule has 1 aromatic heterocycles. The fraction of sp³-hybridized carbons (Fsp3) is 0.444. The van der Waals surface area contributed by atoms with E-state index in [1.807, 2.05) is 25.1 Å². The van der Waals surface area contributed by atoms with E-state index in [1.165, 1.54) is 4.70 Å². The standard InChI is InChI=1S/C18H22N2O2S/c1-12(10-11-21)19-17(22)13-6-2-3-7-14(13)18-20-15-8-4-5-9-16(15)23-18/h2-5,8-9,12-14,21H,6-7,10-11H2,1H3,(H,19,22)/t12-,13?,14?/m1/s1. The molecule has 23 heavy (non-hydrogen) atoms. The number of amides is 1. The molecular weight excluding hydrogens is 308 g/mol. The Bertz CT molecular complexity index is 677. The number of nitrogens with zero attached hydrogens (tertiary/aromatic N) is 1. The van der Waals surface area contributed by atoms with Crippen LogP contribution in [0.4, 0.5) is 0 Å². The van der Waals surface area contributed by atoms with Crippen molar-refractivity contribution in [3.05, 3.63) is 41.4 Å². The lowest BCUT2D eigenvalue weighted by Crippen LogP contribution is -2.40. The molecule has 1 heterocycles. The van der Waals surface area contributed by atoms with Crippen LogP contribution in [0.1, 0.15) is 37.1 Å². The summed E-state index contributed by atoms with van der Waals surface area (Å²) in [6.45, 7) is 2.02. The van der Waals surface area contributed by atoms with Crippen LogP contribution in [0.5, 0.6) is 0 Å². The van der Waals surface area contributed by atoms with Crippen molar-refractivity contribution < 1.29 is 9.90 Å². The van der Waals surface area contributed by atoms with E-state index in [9.17, 15) is 4.79 Å². The number of benzene rings is 1. The van der Waals surface area contributed by atoms with Crippen molar-refractivity contribution in [2.75, 3.05) is 6.61 Å². The Balaban J connectivity index is 1.81. The Morgan fingerprint density at radius 3 is 2.96 bits per heavy atom. The number of allylic oxidation sites excluding steroid dienone is 2. The lowest BCUT2D eigenvalue weighted by Gasteiger charge is -2.27. The molecule has 0 radical (unpaired) electrons. The molecule has 1 aliphatic rings. The van der Waals surface area contributed by atoms with E-state index in [2.05, 4.69) is 23.5 Å². The van der Waals surface area contributed by atoms with Crippen LogP contribution in [-0.4, -0.2) is 28.6 Å². The predicted molar refractivity (Wildman–Crippen MR) is 93.5 cm³/mol. The van der Waals surface area contributed by atoms with Crippen molar-refractivity contribution >= 4 is 27.5 Å². The smallest absolute Gasteiger partial charge is 0.224 e. The van der Waals surface area contributed by atoms with Crippen molar-refractivity contribution in [2.45, 2.75) is 38.1 Å². The van der Waals surface area contributed by atoms with Gasteiger partial charge in [-0.15, -0.1) is 11.3 Å². The number of hydrogen-bond donors (Lipinski definition) is 2. The molecule has 0 bridgehead atoms. The summed E-state index contributed by atoms with van der Waals surface area (Å²) in [5.41, 5.74) is 1.01. The molecule has 3 rings (SSSR count). The van der Waals surface area contributed by atoms with Crippen LogP contribution in [0.3, 0.4) is 0 Å². The largest absolute Gasteiger partial charge is 0.396 e. The zero-order chi connectivity index (χ0) is 16.2. The number of fused-ring (bicyclic) bond motifs is 1. The maximum absolute atomic E-state index is 12.6. The molecule has 0 saturated heterocycles. The van der Waals surface area contributed by atoms with Gasteiger partial charge in [0.05, 0.1) is 21.1 Å². The molecule has 1 aliphatic carbocycles. The number of para-hydroxylation sites is 1. The Labute approximate surface area is 140 Å². The molecule has 122 valence electrons. The monoisotopic (exact) mass is 330 g/mol. The SMILES string of the molecule is C[C@H](CCO)NC(=O)C1CC=CCC1c1nc2ccccc2s1. The van der Waals surface area contributed by atoms with E-state index in [-0.39, 0.29) is 30.4 Å². The highest BCUT2D eigenvalue weighted by Crippen LogP contribution is 2.38. The first kappa shape index (κ1) is 16.1. The average Bonchev–Trinajstić information content (AvgIpc) is 2.99. The van der Waals surface area contributed by atoms with Gasteiger partial charge in [0.15, 0.2) is 0 Å². The number of thiazole rings is 1. The van der Waals surface area contributed by atoms with Gasteiger partial charge >= 0.3 is 0 Å². The van der Waals surface area contributed by atoms with Crippen molar-refractivity contribution in [2.24, 2.45) is 5.92 Å². The summed E-state index contributed by atoms with van der Waals surface area (Å²) >= 11 is 1.69. The molecule has 0 fully saturated rings. The summed E-state index contributed by atoms with van der Waals surface area (Å²) in [5, 5.41) is 13.1. The number of carbonyl (C=O) groups is 1. The minimum absolute atomic E-state index is 0.00516. The van der Waals surface area contributed by atoms with Crippen molar-refractivity contribution in [1.82, 2.24) is 10.3 Å². The lowest BCUT2D eigenvalue weighted by atomic mass is 9.82. The van der Waals surface area contributed by atoms with Gasteiger partial charge in [-0.05, 0) is 38.3 Å². The van der Waals surface area contributed by atoms with Gasteiger partial charge in [0, 0.05) is 18.6 Å². The number of aromatic nitrogens is 1. The molecular formula is C18H22N2O2S. The summed E-state index contributed by atoms with van der Waals surface area (Å²) in [4.78, 5) is 17.4. The normalized spacial score (nSPS) is 22.2. The third-order valence-corrected chi connectivity index (χ3v) is 5.52. The highest BCUT2D eigenvalue weighted by molar-refractivity contribution is 7.18. The van der Waals surface area contributed by atoms with Gasteiger partial charge < -0.3 is 10.4 Å². The van der Waals surface area contributed by atoms with Crippen LogP contribution >= 0.6 is 11.3 Å². The van der Waals surface area contributed by atoms with Gasteiger partial charge in [-0.2, -0.15) is 0 Å². The zero-order valence-electron chi connectivity index (χ0n) is 13.2. The average molecular weight is 330 g/mol. The molecule has 2 unspecified atom stereocenters. The van der Waals surface area contributed by atoms with Gasteiger partial charge in [-0.1, -0.05) is 24.3 Å². The maximum atomic E-state index is 12.6. The number of carbonyl (C=O) groups excluding carboxylic acids is 1. The molecule has 4 nitrogen and oxygen atoms in total. The predicted octanol–water partition coefficient (Wildman–Crippen LogP) is 3.23. The molecule has 2 aromatic rings. The number of hydrogen-bond acceptors (Lipinski definition) is 4. The van der Waals surface area contributed by atoms with Crippen LogP contribution in [0.25, 0.3) is 10.2 Å². The van der Waals surface area contributed by atoms with Gasteiger partial charge in [-0.25, -0.2) is 4.98 Å². The fourth-order valence-corrected chi connectivity index (χ4v) is 4.19. The minimum atomic E-state index is -0.0818. The first-order chi connectivity index (χ1) is 11.2. The zero-order valence-corrected chi connectivity index (χ0v) is 14.1. The number of rotatable bonds is 5. The number of aliphatic hydroxyl groups excluding tert-OH is 1. The summed E-state index contributed by atoms with van der Waals surface area (Å²) in [6.07, 6.45) is 6.42. The van der Waals surface area contributed by atoms with Gasteiger partial charge in [-0.3, -0.25) is 4.79 Å². The first-order valence-electron chi connectivity index (χ1n) is 8.10. The Hall–Kier alpha value is -1.72. The lowest BCUT2D eigenvalue weighted by molar-refractivity contribution is -0.126. The molecule has 2 N–H and O–H groups in total. The van der Waals surface area contributed by atoms with E-state index >= 15 is 0 Å². The summed E-state index contributed by atoms with van der Waals surface area (Å²) < 4.78 is 1.17. The van der Waals surface area contributed by atoms with Crippen LogP contribution < -0.4 is 5.32 Å². The Kier molecular flexibility index (Phi) is 5.08. The summed E-state index contributed by atoms with van der Waals surface area (Å²) in [6, 6.07) is 8.11. The van der Waals surface area contributed by atoms with E-state index < -0.39 is 0 Å². The number of nitrogens with one attached hydrogen (secondary N) is 1. The van der Waals surface area contributed by atoms with E-state index in [0.717, 1.165) is 23.4 Å². The van der Waals surface area contributed by atoms with Crippen LogP contribution in [-0.2, 0) is 4.79 Å². The minimum Gasteiger partial charge on any atom is -0.396 e. The third kappa shape index (κ3) is 3.62. The second-order valence-corrected chi connectivity index (χ2v) is 7.16. The maximum Gasteiger partial charge on any atom is 0.224 e. The molecule has 1 aromatic carbocycles. The second-order valence-electron chi connectivity index (χ2n) is 6.10.